The van der Waals surface area contributed by atoms with Crippen molar-refractivity contribution >= 4 is 23.0 Å². The van der Waals surface area contributed by atoms with Crippen molar-refractivity contribution in [2.45, 2.75) is 39.8 Å². The van der Waals surface area contributed by atoms with Crippen LogP contribution >= 0.6 is 11.3 Å². The van der Waals surface area contributed by atoms with E-state index in [1.807, 2.05) is 63.2 Å². The average Bonchev–Trinajstić information content (AvgIpc) is 3.38. The van der Waals surface area contributed by atoms with Gasteiger partial charge < -0.3 is 19.5 Å². The largest absolute Gasteiger partial charge is 0.503 e. The summed E-state index contributed by atoms with van der Waals surface area (Å²) in [5.74, 6) is -0.830. The second kappa shape index (κ2) is 11.1. The van der Waals surface area contributed by atoms with Crippen LogP contribution in [-0.4, -0.2) is 52.5 Å². The van der Waals surface area contributed by atoms with Gasteiger partial charge in [-0.25, -0.2) is 4.98 Å². The smallest absolute Gasteiger partial charge is 0.290 e. The molecule has 1 aromatic heterocycles. The summed E-state index contributed by atoms with van der Waals surface area (Å²) in [7, 11) is 0. The molecule has 0 spiro atoms. The van der Waals surface area contributed by atoms with Crippen LogP contribution in [0.5, 0.6) is 5.75 Å². The summed E-state index contributed by atoms with van der Waals surface area (Å²) < 4.78 is 11.2. The fourth-order valence-electron chi connectivity index (χ4n) is 4.20. The molecule has 0 saturated heterocycles. The SMILES string of the molecule is CCOc1ccc(C2C(C(=O)c3sc(-c4ccccc4)nc3C)=C(O)C(=O)N2CCOC(C)C)cc1. The minimum atomic E-state index is -0.752. The quantitative estimate of drug-likeness (QED) is 0.364. The van der Waals surface area contributed by atoms with Crippen molar-refractivity contribution < 1.29 is 24.2 Å². The van der Waals surface area contributed by atoms with Gasteiger partial charge in [-0.05, 0) is 45.4 Å². The number of hydrogen-bond donors (Lipinski definition) is 1. The number of ether oxygens (including phenoxy) is 2. The van der Waals surface area contributed by atoms with Gasteiger partial charge in [0.05, 0.1) is 41.5 Å². The normalized spacial score (nSPS) is 15.8. The summed E-state index contributed by atoms with van der Waals surface area (Å²) in [5.41, 5.74) is 2.22. The molecule has 1 atom stereocenters. The third kappa shape index (κ3) is 5.20. The highest BCUT2D eigenvalue weighted by Gasteiger charge is 2.44. The number of benzene rings is 2. The first-order chi connectivity index (χ1) is 17.3. The Bertz CT molecular complexity index is 1260. The average molecular weight is 507 g/mol. The third-order valence-corrected chi connectivity index (χ3v) is 7.07. The van der Waals surface area contributed by atoms with Crippen LogP contribution in [0, 0.1) is 6.92 Å². The van der Waals surface area contributed by atoms with E-state index in [0.29, 0.717) is 33.5 Å². The van der Waals surface area contributed by atoms with Crippen LogP contribution in [0.15, 0.2) is 65.9 Å². The molecule has 0 fully saturated rings. The Morgan fingerprint density at radius 3 is 2.47 bits per heavy atom. The maximum atomic E-state index is 13.9. The zero-order valence-corrected chi connectivity index (χ0v) is 21.7. The minimum Gasteiger partial charge on any atom is -0.503 e. The number of ketones is 1. The molecule has 1 aliphatic rings. The Kier molecular flexibility index (Phi) is 7.86. The molecule has 2 aromatic carbocycles. The number of amides is 1. The topological polar surface area (TPSA) is 89.0 Å². The Labute approximate surface area is 215 Å². The number of Topliss-reactive ketones (excluding diaryl/α,β-unsaturated/α-hetero) is 1. The predicted octanol–water partition coefficient (Wildman–Crippen LogP) is 5.52. The van der Waals surface area contributed by atoms with Crippen molar-refractivity contribution in [2.24, 2.45) is 0 Å². The van der Waals surface area contributed by atoms with Crippen molar-refractivity contribution in [1.82, 2.24) is 9.88 Å². The molecule has 1 N–H and O–H groups in total. The summed E-state index contributed by atoms with van der Waals surface area (Å²) in [5, 5.41) is 11.6. The molecular formula is C28H30N2O5S. The molecule has 4 rings (SSSR count). The number of carbonyl (C=O) groups excluding carboxylic acids is 2. The fourth-order valence-corrected chi connectivity index (χ4v) is 5.22. The van der Waals surface area contributed by atoms with Crippen molar-refractivity contribution in [2.75, 3.05) is 19.8 Å². The summed E-state index contributed by atoms with van der Waals surface area (Å²) in [6, 6.07) is 16.1. The van der Waals surface area contributed by atoms with Gasteiger partial charge in [-0.3, -0.25) is 9.59 Å². The van der Waals surface area contributed by atoms with E-state index in [-0.39, 0.29) is 24.8 Å². The van der Waals surface area contributed by atoms with Crippen molar-refractivity contribution in [3.8, 4) is 16.3 Å². The van der Waals surface area contributed by atoms with Gasteiger partial charge >= 0.3 is 0 Å². The van der Waals surface area contributed by atoms with Crippen LogP contribution in [0.25, 0.3) is 10.6 Å². The van der Waals surface area contributed by atoms with E-state index < -0.39 is 23.5 Å². The number of thiazole rings is 1. The predicted molar refractivity (Wildman–Crippen MR) is 139 cm³/mol. The molecule has 0 saturated carbocycles. The van der Waals surface area contributed by atoms with Crippen LogP contribution < -0.4 is 4.74 Å². The summed E-state index contributed by atoms with van der Waals surface area (Å²) >= 11 is 1.26. The molecule has 0 aliphatic carbocycles. The summed E-state index contributed by atoms with van der Waals surface area (Å²) in [4.78, 5) is 33.5. The number of aliphatic hydroxyl groups is 1. The van der Waals surface area contributed by atoms with E-state index in [1.54, 1.807) is 19.1 Å². The molecule has 8 heteroatoms. The number of nitrogens with zero attached hydrogens (tertiary/aromatic N) is 2. The number of aliphatic hydroxyl groups excluding tert-OH is 1. The van der Waals surface area contributed by atoms with Gasteiger partial charge in [-0.2, -0.15) is 0 Å². The van der Waals surface area contributed by atoms with E-state index in [2.05, 4.69) is 4.98 Å². The van der Waals surface area contributed by atoms with Crippen LogP contribution in [0.3, 0.4) is 0 Å². The molecule has 36 heavy (non-hydrogen) atoms. The molecule has 7 nitrogen and oxygen atoms in total. The van der Waals surface area contributed by atoms with Crippen molar-refractivity contribution in [3.05, 3.63) is 82.1 Å². The molecule has 0 bridgehead atoms. The number of hydrogen-bond acceptors (Lipinski definition) is 7. The Morgan fingerprint density at radius 1 is 1.14 bits per heavy atom. The van der Waals surface area contributed by atoms with Crippen LogP contribution in [-0.2, 0) is 9.53 Å². The molecule has 1 unspecified atom stereocenters. The van der Waals surface area contributed by atoms with Crippen molar-refractivity contribution in [1.29, 1.82) is 0 Å². The Hall–Kier alpha value is -3.49. The van der Waals surface area contributed by atoms with E-state index >= 15 is 0 Å². The van der Waals surface area contributed by atoms with E-state index in [1.165, 1.54) is 16.2 Å². The van der Waals surface area contributed by atoms with Gasteiger partial charge in [0, 0.05) is 12.1 Å². The van der Waals surface area contributed by atoms with Gasteiger partial charge in [0.1, 0.15) is 10.8 Å². The maximum Gasteiger partial charge on any atom is 0.290 e. The highest BCUT2D eigenvalue weighted by molar-refractivity contribution is 7.17. The first-order valence-electron chi connectivity index (χ1n) is 12.0. The Morgan fingerprint density at radius 2 is 1.83 bits per heavy atom. The van der Waals surface area contributed by atoms with Gasteiger partial charge in [0.2, 0.25) is 5.78 Å². The molecule has 2 heterocycles. The molecule has 0 radical (unpaired) electrons. The van der Waals surface area contributed by atoms with E-state index in [0.717, 1.165) is 5.56 Å². The lowest BCUT2D eigenvalue weighted by Crippen LogP contribution is -2.34. The van der Waals surface area contributed by atoms with Crippen LogP contribution in [0.2, 0.25) is 0 Å². The van der Waals surface area contributed by atoms with Crippen LogP contribution in [0.1, 0.15) is 47.7 Å². The van der Waals surface area contributed by atoms with Gasteiger partial charge in [0.25, 0.3) is 5.91 Å². The molecule has 3 aromatic rings. The standard InChI is InChI=1S/C28H30N2O5S/c1-5-34-21-13-11-19(12-14-21)23-22(25(32)28(33)30(23)15-16-35-17(2)3)24(31)26-18(4)29-27(36-26)20-9-7-6-8-10-20/h6-14,17,23,32H,5,15-16H2,1-4H3. The molecule has 1 aliphatic heterocycles. The second-order valence-corrected chi connectivity index (χ2v) is 9.71. The van der Waals surface area contributed by atoms with E-state index in [9.17, 15) is 14.7 Å². The number of rotatable bonds is 10. The lowest BCUT2D eigenvalue weighted by molar-refractivity contribution is -0.130. The molecular weight excluding hydrogens is 476 g/mol. The summed E-state index contributed by atoms with van der Waals surface area (Å²) in [6.45, 7) is 8.53. The zero-order valence-electron chi connectivity index (χ0n) is 20.9. The monoisotopic (exact) mass is 506 g/mol. The number of carbonyl (C=O) groups is 2. The highest BCUT2D eigenvalue weighted by Crippen LogP contribution is 2.41. The van der Waals surface area contributed by atoms with Gasteiger partial charge in [-0.15, -0.1) is 11.3 Å². The lowest BCUT2D eigenvalue weighted by Gasteiger charge is -2.27. The van der Waals surface area contributed by atoms with Crippen molar-refractivity contribution in [3.63, 3.8) is 0 Å². The highest BCUT2D eigenvalue weighted by atomic mass is 32.1. The fraction of sp³-hybridized carbons (Fsp3) is 0.321. The van der Waals surface area contributed by atoms with Gasteiger partial charge in [0.15, 0.2) is 5.76 Å². The second-order valence-electron chi connectivity index (χ2n) is 8.71. The first kappa shape index (κ1) is 25.6. The molecule has 1 amide bonds. The lowest BCUT2D eigenvalue weighted by atomic mass is 9.95. The third-order valence-electron chi connectivity index (χ3n) is 5.86. The Balaban J connectivity index is 1.73. The maximum absolute atomic E-state index is 13.9. The minimum absolute atomic E-state index is 0.00876. The first-order valence-corrected chi connectivity index (χ1v) is 12.8. The number of aryl methyl sites for hydroxylation is 1. The summed E-state index contributed by atoms with van der Waals surface area (Å²) in [6.07, 6.45) is -0.00876. The molecule has 188 valence electrons. The zero-order chi connectivity index (χ0) is 25.8. The van der Waals surface area contributed by atoms with Gasteiger partial charge in [-0.1, -0.05) is 42.5 Å². The van der Waals surface area contributed by atoms with Crippen LogP contribution in [0.4, 0.5) is 0 Å². The van der Waals surface area contributed by atoms with E-state index in [4.69, 9.17) is 9.47 Å². The number of aromatic nitrogens is 1.